The van der Waals surface area contributed by atoms with Gasteiger partial charge >= 0.3 is 6.09 Å². The maximum Gasteiger partial charge on any atom is 0.410 e. The number of aromatic amines is 1. The number of ether oxygens (including phenoxy) is 3. The number of aromatic nitrogens is 1. The van der Waals surface area contributed by atoms with Crippen LogP contribution >= 0.6 is 11.6 Å². The molecule has 8 nitrogen and oxygen atoms in total. The van der Waals surface area contributed by atoms with Crippen molar-refractivity contribution in [2.24, 2.45) is 0 Å². The number of carbonyl (C=O) groups excluding carboxylic acids is 1. The molecule has 2 aliphatic rings. The number of halogens is 1. The number of unbranched alkanes of at least 4 members (excludes halogenated alkanes) is 3. The van der Waals surface area contributed by atoms with Crippen molar-refractivity contribution >= 4 is 28.6 Å². The van der Waals surface area contributed by atoms with Gasteiger partial charge in [-0.05, 0) is 74.3 Å². The molecular weight excluding hydrogens is 540 g/mol. The number of carbonyl (C=O) groups is 1. The molecule has 2 aliphatic heterocycles. The van der Waals surface area contributed by atoms with E-state index in [1.165, 1.54) is 57.5 Å². The van der Waals surface area contributed by atoms with Gasteiger partial charge in [-0.1, -0.05) is 36.6 Å². The number of rotatable bonds is 12. The highest BCUT2D eigenvalue weighted by molar-refractivity contribution is 6.31. The molecule has 1 fully saturated rings. The highest BCUT2D eigenvalue weighted by Gasteiger charge is 2.35. The summed E-state index contributed by atoms with van der Waals surface area (Å²) in [6, 6.07) is 13.7. The van der Waals surface area contributed by atoms with Crippen LogP contribution in [0.25, 0.3) is 10.9 Å². The van der Waals surface area contributed by atoms with E-state index in [1.54, 1.807) is 12.0 Å². The number of methoxy groups -OCH3 is 1. The Labute approximate surface area is 248 Å². The molecule has 1 unspecified atom stereocenters. The number of nitrogens with zero attached hydrogens (tertiary/aromatic N) is 3. The molecule has 222 valence electrons. The number of likely N-dealkylation sites (N-methyl/N-ethyl adjacent to an activating group) is 1. The SMILES string of the molecule is COCCOC(=O)N1CCc2c([nH]c3ccc(Cl)cc23)C1c1ccc(OCCCCCCN2CCN(C)CC2)cc1. The average molecular weight is 583 g/mol. The molecule has 3 aromatic rings. The van der Waals surface area contributed by atoms with Gasteiger partial charge in [-0.2, -0.15) is 0 Å². The van der Waals surface area contributed by atoms with Gasteiger partial charge in [-0.25, -0.2) is 4.79 Å². The first kappa shape index (κ1) is 29.7. The molecule has 2 aromatic carbocycles. The molecular formula is C32H43ClN4O4. The smallest absolute Gasteiger partial charge is 0.410 e. The molecule has 0 radical (unpaired) electrons. The van der Waals surface area contributed by atoms with Crippen molar-refractivity contribution in [3.8, 4) is 5.75 Å². The van der Waals surface area contributed by atoms with Crippen molar-refractivity contribution in [3.05, 3.63) is 64.3 Å². The van der Waals surface area contributed by atoms with Crippen molar-refractivity contribution in [2.45, 2.75) is 38.1 Å². The van der Waals surface area contributed by atoms with Crippen LogP contribution in [0, 0.1) is 0 Å². The molecule has 0 saturated carbocycles. The van der Waals surface area contributed by atoms with Gasteiger partial charge in [0.1, 0.15) is 18.4 Å². The first-order valence-corrected chi connectivity index (χ1v) is 15.3. The molecule has 1 amide bonds. The normalized spacial score (nSPS) is 18.0. The first-order chi connectivity index (χ1) is 20.0. The number of hydrogen-bond acceptors (Lipinski definition) is 6. The maximum absolute atomic E-state index is 13.1. The van der Waals surface area contributed by atoms with E-state index >= 15 is 0 Å². The summed E-state index contributed by atoms with van der Waals surface area (Å²) in [7, 11) is 3.80. The van der Waals surface area contributed by atoms with Crippen LogP contribution in [-0.4, -0.2) is 99.0 Å². The quantitative estimate of drug-likeness (QED) is 0.275. The van der Waals surface area contributed by atoms with Crippen LogP contribution in [0.4, 0.5) is 4.79 Å². The molecule has 1 aromatic heterocycles. The van der Waals surface area contributed by atoms with Crippen LogP contribution in [0.1, 0.15) is 48.5 Å². The zero-order chi connectivity index (χ0) is 28.6. The molecule has 0 spiro atoms. The van der Waals surface area contributed by atoms with E-state index < -0.39 is 0 Å². The number of fused-ring (bicyclic) bond motifs is 3. The largest absolute Gasteiger partial charge is 0.494 e. The maximum atomic E-state index is 13.1. The third-order valence-corrected chi connectivity index (χ3v) is 8.50. The van der Waals surface area contributed by atoms with Gasteiger partial charge in [0.25, 0.3) is 0 Å². The Hall–Kier alpha value is -2.78. The minimum Gasteiger partial charge on any atom is -0.494 e. The number of amides is 1. The highest BCUT2D eigenvalue weighted by atomic mass is 35.5. The third kappa shape index (κ3) is 7.55. The van der Waals surface area contributed by atoms with Crippen molar-refractivity contribution < 1.29 is 19.0 Å². The summed E-state index contributed by atoms with van der Waals surface area (Å²) >= 11 is 6.33. The predicted molar refractivity (Wildman–Crippen MR) is 163 cm³/mol. The number of nitrogens with one attached hydrogen (secondary N) is 1. The summed E-state index contributed by atoms with van der Waals surface area (Å²) in [6.07, 6.45) is 5.11. The molecule has 3 heterocycles. The Morgan fingerprint density at radius 1 is 0.951 bits per heavy atom. The Balaban J connectivity index is 1.19. The van der Waals surface area contributed by atoms with Gasteiger partial charge in [-0.3, -0.25) is 4.90 Å². The van der Waals surface area contributed by atoms with Gasteiger partial charge in [-0.15, -0.1) is 0 Å². The van der Waals surface area contributed by atoms with E-state index in [9.17, 15) is 4.79 Å². The monoisotopic (exact) mass is 582 g/mol. The lowest BCUT2D eigenvalue weighted by Crippen LogP contribution is -2.44. The van der Waals surface area contributed by atoms with E-state index in [0.717, 1.165) is 40.8 Å². The number of piperazine rings is 1. The average Bonchev–Trinajstić information content (AvgIpc) is 3.35. The van der Waals surface area contributed by atoms with Gasteiger partial charge in [0.2, 0.25) is 0 Å². The van der Waals surface area contributed by atoms with E-state index in [4.69, 9.17) is 25.8 Å². The number of benzene rings is 2. The summed E-state index contributed by atoms with van der Waals surface area (Å²) in [5.41, 5.74) is 4.22. The zero-order valence-electron chi connectivity index (χ0n) is 24.4. The van der Waals surface area contributed by atoms with Crippen LogP contribution in [0.15, 0.2) is 42.5 Å². The molecule has 1 saturated heterocycles. The fraction of sp³-hybridized carbons (Fsp3) is 0.531. The summed E-state index contributed by atoms with van der Waals surface area (Å²) in [5.74, 6) is 0.847. The van der Waals surface area contributed by atoms with Crippen molar-refractivity contribution in [1.29, 1.82) is 0 Å². The lowest BCUT2D eigenvalue weighted by molar-refractivity contribution is 0.0629. The van der Waals surface area contributed by atoms with E-state index in [1.807, 2.05) is 30.3 Å². The van der Waals surface area contributed by atoms with Crippen molar-refractivity contribution in [2.75, 3.05) is 73.2 Å². The zero-order valence-corrected chi connectivity index (χ0v) is 25.1. The second-order valence-corrected chi connectivity index (χ2v) is 11.6. The van der Waals surface area contributed by atoms with Crippen molar-refractivity contribution in [1.82, 2.24) is 19.7 Å². The summed E-state index contributed by atoms with van der Waals surface area (Å²) in [5, 5.41) is 1.81. The topological polar surface area (TPSA) is 70.3 Å². The molecule has 0 bridgehead atoms. The first-order valence-electron chi connectivity index (χ1n) is 14.9. The van der Waals surface area contributed by atoms with Gasteiger partial charge < -0.3 is 29.0 Å². The third-order valence-electron chi connectivity index (χ3n) is 8.27. The molecule has 1 atom stereocenters. The fourth-order valence-electron chi connectivity index (χ4n) is 5.90. The second kappa shape index (κ2) is 14.4. The van der Waals surface area contributed by atoms with Crippen LogP contribution in [0.3, 0.4) is 0 Å². The number of H-pyrrole nitrogens is 1. The predicted octanol–water partition coefficient (Wildman–Crippen LogP) is 5.74. The van der Waals surface area contributed by atoms with E-state index in [-0.39, 0.29) is 18.7 Å². The van der Waals surface area contributed by atoms with E-state index in [0.29, 0.717) is 24.8 Å². The lowest BCUT2D eigenvalue weighted by atomic mass is 9.92. The second-order valence-electron chi connectivity index (χ2n) is 11.1. The van der Waals surface area contributed by atoms with E-state index in [2.05, 4.69) is 34.0 Å². The van der Waals surface area contributed by atoms with Crippen LogP contribution in [0.2, 0.25) is 5.02 Å². The summed E-state index contributed by atoms with van der Waals surface area (Å²) in [6.45, 7) is 7.80. The molecule has 5 rings (SSSR count). The Morgan fingerprint density at radius 3 is 2.51 bits per heavy atom. The molecule has 9 heteroatoms. The minimum atomic E-state index is -0.345. The minimum absolute atomic E-state index is 0.219. The molecule has 0 aliphatic carbocycles. The Morgan fingerprint density at radius 2 is 1.73 bits per heavy atom. The number of hydrogen-bond donors (Lipinski definition) is 1. The molecule has 1 N–H and O–H groups in total. The summed E-state index contributed by atoms with van der Waals surface area (Å²) in [4.78, 5) is 23.5. The standard InChI is InChI=1S/C32H43ClN4O4/c1-35-16-18-36(19-17-35)14-5-3-4-6-20-40-26-10-7-24(8-11-26)31-30-27(28-23-25(33)9-12-29(28)34-30)13-15-37(31)32(38)41-22-21-39-2/h7-12,23,31,34H,3-6,13-22H2,1-2H3. The lowest BCUT2D eigenvalue weighted by Gasteiger charge is -2.35. The van der Waals surface area contributed by atoms with Crippen molar-refractivity contribution in [3.63, 3.8) is 0 Å². The van der Waals surface area contributed by atoms with Crippen LogP contribution in [-0.2, 0) is 15.9 Å². The van der Waals surface area contributed by atoms with Gasteiger partial charge in [0.15, 0.2) is 0 Å². The van der Waals surface area contributed by atoms with Gasteiger partial charge in [0.05, 0.1) is 13.2 Å². The fourth-order valence-corrected chi connectivity index (χ4v) is 6.07. The molecule has 41 heavy (non-hydrogen) atoms. The van der Waals surface area contributed by atoms with Gasteiger partial charge in [0, 0.05) is 61.5 Å². The highest BCUT2D eigenvalue weighted by Crippen LogP contribution is 2.39. The Bertz CT molecular complexity index is 1270. The van der Waals surface area contributed by atoms with Crippen LogP contribution in [0.5, 0.6) is 5.75 Å². The van der Waals surface area contributed by atoms with Crippen LogP contribution < -0.4 is 4.74 Å². The Kier molecular flexibility index (Phi) is 10.4. The summed E-state index contributed by atoms with van der Waals surface area (Å²) < 4.78 is 16.7.